The molecule has 1 spiro atoms. The highest BCUT2D eigenvalue weighted by Gasteiger charge is 2.60. The Morgan fingerprint density at radius 1 is 1.00 bits per heavy atom. The lowest BCUT2D eigenvalue weighted by atomic mass is 10.0. The van der Waals surface area contributed by atoms with Gasteiger partial charge in [0.05, 0.1) is 0 Å². The summed E-state index contributed by atoms with van der Waals surface area (Å²) >= 11 is 0. The van der Waals surface area contributed by atoms with Crippen LogP contribution in [0.4, 0.5) is 4.39 Å². The summed E-state index contributed by atoms with van der Waals surface area (Å²) in [5, 5.41) is 0. The van der Waals surface area contributed by atoms with Crippen molar-refractivity contribution in [1.82, 2.24) is 14.5 Å². The highest BCUT2D eigenvalue weighted by molar-refractivity contribution is 5.81. The van der Waals surface area contributed by atoms with Gasteiger partial charge in [0.15, 0.2) is 0 Å². The third-order valence-electron chi connectivity index (χ3n) is 7.99. The number of benzene rings is 2. The monoisotopic (exact) mass is 457 g/mol. The number of carbonyl (C=O) groups excluding carboxylic acids is 1. The van der Waals surface area contributed by atoms with E-state index in [1.165, 1.54) is 12.1 Å². The molecule has 6 rings (SSSR count). The number of hydrogen-bond acceptors (Lipinski definition) is 3. The minimum atomic E-state index is -0.258. The number of aryl methyl sites for hydroxylation is 1. The molecule has 2 heterocycles. The zero-order chi connectivity index (χ0) is 23.6. The first-order chi connectivity index (χ1) is 16.4. The topological polar surface area (TPSA) is 55.2 Å². The molecule has 1 aliphatic heterocycles. The second-order valence-corrected chi connectivity index (χ2v) is 10.3. The zero-order valence-electron chi connectivity index (χ0n) is 19.6. The van der Waals surface area contributed by atoms with Crippen molar-refractivity contribution in [3.05, 3.63) is 76.0 Å². The molecule has 1 amide bonds. The quantitative estimate of drug-likeness (QED) is 0.560. The van der Waals surface area contributed by atoms with Gasteiger partial charge in [-0.1, -0.05) is 36.4 Å². The Labute approximate surface area is 198 Å². The van der Waals surface area contributed by atoms with Gasteiger partial charge >= 0.3 is 0 Å². The molecule has 0 bridgehead atoms. The van der Waals surface area contributed by atoms with Gasteiger partial charge in [-0.25, -0.2) is 9.37 Å². The Hall–Kier alpha value is -3.28. The molecule has 3 fully saturated rings. The molecule has 174 valence electrons. The SMILES string of the molecule is Cc1nc(-c2ccc(-c3ccc(F)cc3)cc2)n(C2CC23CCN(C(=O)C2CC2)C3)c(=O)c1C. The van der Waals surface area contributed by atoms with Crippen LogP contribution < -0.4 is 5.56 Å². The fourth-order valence-corrected chi connectivity index (χ4v) is 5.48. The van der Waals surface area contributed by atoms with E-state index in [4.69, 9.17) is 4.98 Å². The van der Waals surface area contributed by atoms with Crippen LogP contribution in [0, 0.1) is 31.0 Å². The van der Waals surface area contributed by atoms with Crippen molar-refractivity contribution < 1.29 is 9.18 Å². The lowest BCUT2D eigenvalue weighted by Gasteiger charge is -2.19. The van der Waals surface area contributed by atoms with Gasteiger partial charge in [-0.2, -0.15) is 0 Å². The number of nitrogens with zero attached hydrogens (tertiary/aromatic N) is 3. The molecule has 1 saturated heterocycles. The molecule has 0 N–H and O–H groups in total. The number of carbonyl (C=O) groups is 1. The highest BCUT2D eigenvalue weighted by Crippen LogP contribution is 2.62. The summed E-state index contributed by atoms with van der Waals surface area (Å²) in [5.41, 5.74) is 4.22. The van der Waals surface area contributed by atoms with Gasteiger partial charge in [0.1, 0.15) is 11.6 Å². The third kappa shape index (κ3) is 3.47. The van der Waals surface area contributed by atoms with Gasteiger partial charge in [-0.05, 0) is 62.8 Å². The van der Waals surface area contributed by atoms with Crippen LogP contribution in [0.5, 0.6) is 0 Å². The summed E-state index contributed by atoms with van der Waals surface area (Å²) in [7, 11) is 0. The van der Waals surface area contributed by atoms with E-state index in [1.807, 2.05) is 47.6 Å². The summed E-state index contributed by atoms with van der Waals surface area (Å²) in [5.74, 6) is 0.956. The molecule has 2 saturated carbocycles. The van der Waals surface area contributed by atoms with Crippen molar-refractivity contribution in [2.24, 2.45) is 11.3 Å². The fraction of sp³-hybridized carbons (Fsp3) is 0.393. The van der Waals surface area contributed by atoms with Crippen LogP contribution in [0.15, 0.2) is 53.3 Å². The molecule has 34 heavy (non-hydrogen) atoms. The predicted molar refractivity (Wildman–Crippen MR) is 129 cm³/mol. The summed E-state index contributed by atoms with van der Waals surface area (Å²) in [6.45, 7) is 5.26. The number of halogens is 1. The van der Waals surface area contributed by atoms with E-state index >= 15 is 0 Å². The Bertz CT molecular complexity index is 1340. The number of hydrogen-bond donors (Lipinski definition) is 0. The number of rotatable bonds is 4. The molecule has 2 aliphatic carbocycles. The Kier molecular flexibility index (Phi) is 4.77. The Morgan fingerprint density at radius 2 is 1.62 bits per heavy atom. The van der Waals surface area contributed by atoms with Crippen molar-refractivity contribution >= 4 is 5.91 Å². The van der Waals surface area contributed by atoms with Crippen LogP contribution in [0.25, 0.3) is 22.5 Å². The van der Waals surface area contributed by atoms with E-state index in [0.29, 0.717) is 17.3 Å². The smallest absolute Gasteiger partial charge is 0.257 e. The van der Waals surface area contributed by atoms with E-state index < -0.39 is 0 Å². The van der Waals surface area contributed by atoms with E-state index in [9.17, 15) is 14.0 Å². The van der Waals surface area contributed by atoms with Crippen molar-refractivity contribution in [3.63, 3.8) is 0 Å². The minimum absolute atomic E-state index is 0.0129. The van der Waals surface area contributed by atoms with Crippen LogP contribution in [-0.2, 0) is 4.79 Å². The molecule has 3 aliphatic rings. The summed E-state index contributed by atoms with van der Waals surface area (Å²) in [6.07, 6.45) is 3.89. The third-order valence-corrected chi connectivity index (χ3v) is 7.99. The first kappa shape index (κ1) is 21.3. The average Bonchev–Trinajstić information content (AvgIpc) is 3.75. The van der Waals surface area contributed by atoms with Gasteiger partial charge in [0, 0.05) is 47.3 Å². The molecule has 1 aromatic heterocycles. The van der Waals surface area contributed by atoms with Crippen molar-refractivity contribution in [2.75, 3.05) is 13.1 Å². The maximum absolute atomic E-state index is 13.5. The van der Waals surface area contributed by atoms with Gasteiger partial charge in [0.2, 0.25) is 5.91 Å². The molecule has 2 atom stereocenters. The lowest BCUT2D eigenvalue weighted by molar-refractivity contribution is -0.131. The van der Waals surface area contributed by atoms with E-state index in [2.05, 4.69) is 0 Å². The second-order valence-electron chi connectivity index (χ2n) is 10.3. The summed E-state index contributed by atoms with van der Waals surface area (Å²) in [6, 6.07) is 14.4. The molecule has 2 unspecified atom stereocenters. The van der Waals surface area contributed by atoms with Crippen LogP contribution in [-0.4, -0.2) is 33.4 Å². The van der Waals surface area contributed by atoms with Crippen LogP contribution in [0.1, 0.15) is 43.0 Å². The zero-order valence-corrected chi connectivity index (χ0v) is 19.6. The molecule has 5 nitrogen and oxygen atoms in total. The molecule has 6 heteroatoms. The van der Waals surface area contributed by atoms with Gasteiger partial charge < -0.3 is 4.90 Å². The maximum atomic E-state index is 13.5. The normalized spacial score (nSPS) is 23.5. The van der Waals surface area contributed by atoms with Crippen LogP contribution in [0.3, 0.4) is 0 Å². The molecule has 3 aromatic rings. The van der Waals surface area contributed by atoms with E-state index in [-0.39, 0.29) is 28.8 Å². The molecule has 0 radical (unpaired) electrons. The maximum Gasteiger partial charge on any atom is 0.257 e. The second kappa shape index (κ2) is 7.62. The number of aromatic nitrogens is 2. The van der Waals surface area contributed by atoms with Crippen molar-refractivity contribution in [2.45, 2.75) is 45.6 Å². The molecular weight excluding hydrogens is 429 g/mol. The van der Waals surface area contributed by atoms with Crippen molar-refractivity contribution in [1.29, 1.82) is 0 Å². The molecule has 2 aromatic carbocycles. The van der Waals surface area contributed by atoms with E-state index in [1.54, 1.807) is 12.1 Å². The average molecular weight is 458 g/mol. The fourth-order valence-electron chi connectivity index (χ4n) is 5.48. The Morgan fingerprint density at radius 3 is 2.26 bits per heavy atom. The lowest BCUT2D eigenvalue weighted by Crippen LogP contribution is -2.31. The first-order valence-corrected chi connectivity index (χ1v) is 12.1. The van der Waals surface area contributed by atoms with E-state index in [0.717, 1.165) is 61.2 Å². The van der Waals surface area contributed by atoms with Crippen molar-refractivity contribution in [3.8, 4) is 22.5 Å². The minimum Gasteiger partial charge on any atom is -0.342 e. The van der Waals surface area contributed by atoms with Gasteiger partial charge in [-0.15, -0.1) is 0 Å². The number of likely N-dealkylation sites (tertiary alicyclic amines) is 1. The van der Waals surface area contributed by atoms with Gasteiger partial charge in [0.25, 0.3) is 5.56 Å². The first-order valence-electron chi connectivity index (χ1n) is 12.1. The Balaban J connectivity index is 1.34. The largest absolute Gasteiger partial charge is 0.342 e. The highest BCUT2D eigenvalue weighted by atomic mass is 19.1. The van der Waals surface area contributed by atoms with Gasteiger partial charge in [-0.3, -0.25) is 14.2 Å². The standard InChI is InChI=1S/C28H28FN3O2/c1-17-18(2)30-25(21-5-3-19(4-6-21)20-9-11-23(29)12-10-20)32(26(17)33)24-15-28(24)13-14-31(16-28)27(34)22-7-8-22/h3-6,9-12,22,24H,7-8,13-16H2,1-2H3. The number of amides is 1. The predicted octanol–water partition coefficient (Wildman–Crippen LogP) is 4.91. The molecular formula is C28H28FN3O2. The summed E-state index contributed by atoms with van der Waals surface area (Å²) in [4.78, 5) is 33.0. The van der Waals surface area contributed by atoms with Crippen LogP contribution >= 0.6 is 0 Å². The van der Waals surface area contributed by atoms with Crippen LogP contribution in [0.2, 0.25) is 0 Å². The summed E-state index contributed by atoms with van der Waals surface area (Å²) < 4.78 is 15.2.